The summed E-state index contributed by atoms with van der Waals surface area (Å²) >= 11 is 0. The number of nitrogens with one attached hydrogen (secondary N) is 1. The minimum atomic E-state index is -0.405. The number of rotatable bonds is 7. The van der Waals surface area contributed by atoms with Gasteiger partial charge >= 0.3 is 0 Å². The second kappa shape index (κ2) is 7.66. The van der Waals surface area contributed by atoms with Crippen molar-refractivity contribution in [1.82, 2.24) is 15.2 Å². The van der Waals surface area contributed by atoms with Gasteiger partial charge in [0.15, 0.2) is 0 Å². The lowest BCUT2D eigenvalue weighted by atomic mass is 10.2. The number of carbonyl (C=O) groups is 2. The topological polar surface area (TPSA) is 91.8 Å². The third-order valence-corrected chi connectivity index (χ3v) is 3.06. The van der Waals surface area contributed by atoms with Crippen LogP contribution in [0, 0.1) is 0 Å². The zero-order valence-electron chi connectivity index (χ0n) is 12.2. The van der Waals surface area contributed by atoms with Crippen LogP contribution in [0.5, 0.6) is 0 Å². The van der Waals surface area contributed by atoms with E-state index in [1.807, 2.05) is 13.8 Å². The predicted octanol–water partition coefficient (Wildman–Crippen LogP) is 0.183. The highest BCUT2D eigenvalue weighted by atomic mass is 16.3. The third-order valence-electron chi connectivity index (χ3n) is 3.06. The first-order chi connectivity index (χ1) is 9.53. The summed E-state index contributed by atoms with van der Waals surface area (Å²) in [7, 11) is 1.80. The molecular formula is C13H22N4O3. The minimum Gasteiger partial charge on any atom is -0.467 e. The van der Waals surface area contributed by atoms with Gasteiger partial charge in [-0.2, -0.15) is 0 Å². The third kappa shape index (κ3) is 4.07. The van der Waals surface area contributed by atoms with Crippen LogP contribution in [0.25, 0.3) is 0 Å². The second-order valence-electron chi connectivity index (χ2n) is 4.47. The van der Waals surface area contributed by atoms with E-state index >= 15 is 0 Å². The fourth-order valence-electron chi connectivity index (χ4n) is 1.95. The van der Waals surface area contributed by atoms with Crippen molar-refractivity contribution in [2.45, 2.75) is 20.4 Å². The summed E-state index contributed by atoms with van der Waals surface area (Å²) in [5.74, 6) is 5.24. The molecule has 0 bridgehead atoms. The van der Waals surface area contributed by atoms with Crippen LogP contribution >= 0.6 is 0 Å². The number of nitrogens with two attached hydrogens (primary N) is 1. The van der Waals surface area contributed by atoms with Gasteiger partial charge in [-0.25, -0.2) is 5.84 Å². The fraction of sp³-hybridized carbons (Fsp3) is 0.538. The Morgan fingerprint density at radius 3 is 2.55 bits per heavy atom. The van der Waals surface area contributed by atoms with Crippen LogP contribution < -0.4 is 11.3 Å². The molecule has 0 saturated heterocycles. The van der Waals surface area contributed by atoms with E-state index < -0.39 is 5.91 Å². The van der Waals surface area contributed by atoms with Crippen molar-refractivity contribution in [2.24, 2.45) is 5.84 Å². The maximum Gasteiger partial charge on any atom is 0.268 e. The van der Waals surface area contributed by atoms with E-state index in [0.29, 0.717) is 31.0 Å². The van der Waals surface area contributed by atoms with Gasteiger partial charge in [0.2, 0.25) is 5.91 Å². The van der Waals surface area contributed by atoms with Crippen molar-refractivity contribution in [1.29, 1.82) is 0 Å². The van der Waals surface area contributed by atoms with Gasteiger partial charge in [0.25, 0.3) is 5.91 Å². The molecule has 112 valence electrons. The van der Waals surface area contributed by atoms with Crippen LogP contribution in [-0.4, -0.2) is 48.3 Å². The maximum absolute atomic E-state index is 12.0. The van der Waals surface area contributed by atoms with Gasteiger partial charge in [0, 0.05) is 13.1 Å². The van der Waals surface area contributed by atoms with Gasteiger partial charge < -0.3 is 9.32 Å². The summed E-state index contributed by atoms with van der Waals surface area (Å²) in [6, 6.07) is 1.55. The Bertz CT molecular complexity index is 454. The van der Waals surface area contributed by atoms with Gasteiger partial charge in [-0.1, -0.05) is 0 Å². The van der Waals surface area contributed by atoms with E-state index in [2.05, 4.69) is 5.43 Å². The number of nitrogen functional groups attached to an aromatic ring is 1. The molecule has 0 spiro atoms. The van der Waals surface area contributed by atoms with E-state index in [1.54, 1.807) is 22.9 Å². The van der Waals surface area contributed by atoms with Crippen molar-refractivity contribution in [3.8, 4) is 0 Å². The molecule has 2 amide bonds. The number of hydrazine groups is 1. The van der Waals surface area contributed by atoms with Crippen LogP contribution in [-0.2, 0) is 11.3 Å². The molecule has 1 rings (SSSR count). The number of hydrogen-bond donors (Lipinski definition) is 2. The number of nitrogens with zero attached hydrogens (tertiary/aromatic N) is 2. The Hall–Kier alpha value is -1.86. The Balaban J connectivity index is 2.63. The molecular weight excluding hydrogens is 260 g/mol. The number of likely N-dealkylation sites (N-methyl/N-ethyl adjacent to an activating group) is 2. The van der Waals surface area contributed by atoms with Crippen molar-refractivity contribution in [2.75, 3.05) is 26.7 Å². The lowest BCUT2D eigenvalue weighted by molar-refractivity contribution is -0.131. The average molecular weight is 282 g/mol. The predicted molar refractivity (Wildman–Crippen MR) is 74.6 cm³/mol. The van der Waals surface area contributed by atoms with E-state index in [9.17, 15) is 9.59 Å². The highest BCUT2D eigenvalue weighted by Gasteiger charge is 2.17. The zero-order valence-corrected chi connectivity index (χ0v) is 12.2. The van der Waals surface area contributed by atoms with Gasteiger partial charge in [-0.05, 0) is 27.0 Å². The largest absolute Gasteiger partial charge is 0.467 e. The summed E-state index contributed by atoms with van der Waals surface area (Å²) in [4.78, 5) is 27.0. The number of furan rings is 1. The molecule has 0 aromatic carbocycles. The molecule has 1 heterocycles. The molecule has 0 unspecified atom stereocenters. The molecule has 0 aliphatic carbocycles. The number of carbonyl (C=O) groups excluding carboxylic acids is 2. The van der Waals surface area contributed by atoms with Crippen LogP contribution in [0.2, 0.25) is 0 Å². The summed E-state index contributed by atoms with van der Waals surface area (Å²) in [5.41, 5.74) is 2.45. The SMILES string of the molecule is CCN(CC)C(=O)CN(C)Cc1occc1C(=O)NN. The molecule has 0 saturated carbocycles. The van der Waals surface area contributed by atoms with Crippen LogP contribution in [0.1, 0.15) is 30.0 Å². The Labute approximate surface area is 118 Å². The Morgan fingerprint density at radius 2 is 2.00 bits per heavy atom. The first-order valence-corrected chi connectivity index (χ1v) is 6.57. The molecule has 20 heavy (non-hydrogen) atoms. The van der Waals surface area contributed by atoms with Crippen LogP contribution in [0.4, 0.5) is 0 Å². The van der Waals surface area contributed by atoms with E-state index in [-0.39, 0.29) is 12.5 Å². The van der Waals surface area contributed by atoms with E-state index in [1.165, 1.54) is 6.26 Å². The standard InChI is InChI=1S/C13H22N4O3/c1-4-17(5-2)12(18)9-16(3)8-11-10(6-7-20-11)13(19)15-14/h6-7H,4-5,8-9,14H2,1-3H3,(H,15,19). The van der Waals surface area contributed by atoms with Gasteiger partial charge in [-0.15, -0.1) is 0 Å². The Morgan fingerprint density at radius 1 is 1.35 bits per heavy atom. The van der Waals surface area contributed by atoms with Crippen molar-refractivity contribution >= 4 is 11.8 Å². The summed E-state index contributed by atoms with van der Waals surface area (Å²) in [6.07, 6.45) is 1.43. The Kier molecular flexibility index (Phi) is 6.20. The van der Waals surface area contributed by atoms with Crippen molar-refractivity contribution in [3.63, 3.8) is 0 Å². The van der Waals surface area contributed by atoms with Crippen molar-refractivity contribution < 1.29 is 14.0 Å². The maximum atomic E-state index is 12.0. The molecule has 3 N–H and O–H groups in total. The van der Waals surface area contributed by atoms with Gasteiger partial charge in [0.05, 0.1) is 24.9 Å². The average Bonchev–Trinajstić information content (AvgIpc) is 2.87. The van der Waals surface area contributed by atoms with E-state index in [4.69, 9.17) is 10.3 Å². The molecule has 1 aromatic heterocycles. The zero-order chi connectivity index (χ0) is 15.1. The quantitative estimate of drug-likeness (QED) is 0.423. The summed E-state index contributed by atoms with van der Waals surface area (Å²) in [5, 5.41) is 0. The molecule has 1 aromatic rings. The monoisotopic (exact) mass is 282 g/mol. The molecule has 0 aliphatic rings. The van der Waals surface area contributed by atoms with Crippen LogP contribution in [0.3, 0.4) is 0 Å². The number of amides is 2. The van der Waals surface area contributed by atoms with Crippen LogP contribution in [0.15, 0.2) is 16.7 Å². The minimum absolute atomic E-state index is 0.0499. The van der Waals surface area contributed by atoms with Crippen molar-refractivity contribution in [3.05, 3.63) is 23.7 Å². The summed E-state index contributed by atoms with van der Waals surface area (Å²) in [6.45, 7) is 5.89. The molecule has 0 atom stereocenters. The smallest absolute Gasteiger partial charge is 0.268 e. The highest BCUT2D eigenvalue weighted by Crippen LogP contribution is 2.12. The normalized spacial score (nSPS) is 10.7. The van der Waals surface area contributed by atoms with Gasteiger partial charge in [0.1, 0.15) is 5.76 Å². The molecule has 0 aliphatic heterocycles. The molecule has 0 radical (unpaired) electrons. The lowest BCUT2D eigenvalue weighted by Crippen LogP contribution is -2.38. The first kappa shape index (κ1) is 16.2. The van der Waals surface area contributed by atoms with E-state index in [0.717, 1.165) is 0 Å². The second-order valence-corrected chi connectivity index (χ2v) is 4.47. The molecule has 0 fully saturated rings. The fourth-order valence-corrected chi connectivity index (χ4v) is 1.95. The summed E-state index contributed by atoms with van der Waals surface area (Å²) < 4.78 is 5.27. The lowest BCUT2D eigenvalue weighted by Gasteiger charge is -2.22. The molecule has 7 heteroatoms. The molecule has 7 nitrogen and oxygen atoms in total. The first-order valence-electron chi connectivity index (χ1n) is 6.57. The highest BCUT2D eigenvalue weighted by molar-refractivity contribution is 5.94. The number of hydrogen-bond acceptors (Lipinski definition) is 5. The van der Waals surface area contributed by atoms with Gasteiger partial charge in [-0.3, -0.25) is 19.9 Å².